The number of ether oxygens (including phenoxy) is 1. The van der Waals surface area contributed by atoms with E-state index in [1.165, 1.54) is 12.1 Å². The van der Waals surface area contributed by atoms with Crippen LogP contribution in [0.15, 0.2) is 18.2 Å². The number of alkyl carbamates (subject to hydrolysis) is 1. The number of nitrogens with one attached hydrogen (secondary N) is 1. The zero-order chi connectivity index (χ0) is 16.3. The predicted octanol–water partition coefficient (Wildman–Crippen LogP) is 2.90. The number of carbonyl (C=O) groups excluding carboxylic acids is 1. The number of nitrogens with two attached hydrogens (primary N) is 1. The molecule has 5 nitrogen and oxygen atoms in total. The van der Waals surface area contributed by atoms with Crippen LogP contribution in [0, 0.1) is 5.82 Å². The molecule has 0 spiro atoms. The van der Waals surface area contributed by atoms with Gasteiger partial charge in [0.25, 0.3) is 0 Å². The average Bonchev–Trinajstić information content (AvgIpc) is 2.40. The highest BCUT2D eigenvalue weighted by Crippen LogP contribution is 2.27. The Kier molecular flexibility index (Phi) is 4.78. The van der Waals surface area contributed by atoms with Crippen molar-refractivity contribution in [1.29, 1.82) is 0 Å². The summed E-state index contributed by atoms with van der Waals surface area (Å²) < 4.78 is 18.6. The number of halogens is 1. The van der Waals surface area contributed by atoms with E-state index in [-0.39, 0.29) is 11.9 Å². The number of hydrogen-bond donors (Lipinski definition) is 2. The van der Waals surface area contributed by atoms with Gasteiger partial charge in [0.15, 0.2) is 0 Å². The summed E-state index contributed by atoms with van der Waals surface area (Å²) in [5, 5.41) is 2.88. The fraction of sp³-hybridized carbons (Fsp3) is 0.562. The topological polar surface area (TPSA) is 67.6 Å². The van der Waals surface area contributed by atoms with Crippen molar-refractivity contribution >= 4 is 17.5 Å². The fourth-order valence-corrected chi connectivity index (χ4v) is 2.53. The number of anilines is 2. The summed E-state index contributed by atoms with van der Waals surface area (Å²) in [6, 6.07) is 4.46. The van der Waals surface area contributed by atoms with Crippen LogP contribution in [0.4, 0.5) is 20.6 Å². The van der Waals surface area contributed by atoms with Gasteiger partial charge in [-0.05, 0) is 51.8 Å². The molecule has 6 heteroatoms. The van der Waals surface area contributed by atoms with E-state index < -0.39 is 11.7 Å². The molecule has 0 bridgehead atoms. The van der Waals surface area contributed by atoms with Crippen LogP contribution in [-0.4, -0.2) is 30.8 Å². The Hall–Kier alpha value is -1.98. The summed E-state index contributed by atoms with van der Waals surface area (Å²) in [7, 11) is 0. The Morgan fingerprint density at radius 3 is 2.59 bits per heavy atom. The predicted molar refractivity (Wildman–Crippen MR) is 85.4 cm³/mol. The summed E-state index contributed by atoms with van der Waals surface area (Å²) in [6.07, 6.45) is 1.15. The summed E-state index contributed by atoms with van der Waals surface area (Å²) in [5.74, 6) is -0.293. The molecule has 22 heavy (non-hydrogen) atoms. The molecule has 1 heterocycles. The maximum Gasteiger partial charge on any atom is 0.407 e. The van der Waals surface area contributed by atoms with E-state index in [0.29, 0.717) is 18.8 Å². The van der Waals surface area contributed by atoms with Crippen LogP contribution < -0.4 is 16.0 Å². The molecule has 1 amide bonds. The highest BCUT2D eigenvalue weighted by atomic mass is 19.1. The second-order valence-corrected chi connectivity index (χ2v) is 6.61. The van der Waals surface area contributed by atoms with E-state index in [9.17, 15) is 9.18 Å². The molecule has 1 saturated heterocycles. The molecule has 0 aliphatic carbocycles. The number of amides is 1. The van der Waals surface area contributed by atoms with E-state index in [1.54, 1.807) is 6.07 Å². The van der Waals surface area contributed by atoms with Crippen molar-refractivity contribution < 1.29 is 13.9 Å². The second kappa shape index (κ2) is 6.42. The minimum absolute atomic E-state index is 0.0703. The molecule has 1 aliphatic heterocycles. The largest absolute Gasteiger partial charge is 0.444 e. The first kappa shape index (κ1) is 16.4. The van der Waals surface area contributed by atoms with Crippen molar-refractivity contribution in [2.45, 2.75) is 45.3 Å². The van der Waals surface area contributed by atoms with Crippen LogP contribution in [0.3, 0.4) is 0 Å². The highest BCUT2D eigenvalue weighted by molar-refractivity contribution is 5.69. The maximum absolute atomic E-state index is 13.4. The molecule has 0 unspecified atom stereocenters. The van der Waals surface area contributed by atoms with Gasteiger partial charge in [-0.1, -0.05) is 0 Å². The average molecular weight is 309 g/mol. The third-order valence-electron chi connectivity index (χ3n) is 3.55. The summed E-state index contributed by atoms with van der Waals surface area (Å²) in [4.78, 5) is 13.8. The van der Waals surface area contributed by atoms with Crippen molar-refractivity contribution in [1.82, 2.24) is 5.32 Å². The number of nitrogens with zero attached hydrogens (tertiary/aromatic N) is 1. The Morgan fingerprint density at radius 2 is 2.00 bits per heavy atom. The van der Waals surface area contributed by atoms with Gasteiger partial charge >= 0.3 is 6.09 Å². The minimum atomic E-state index is -0.499. The molecular weight excluding hydrogens is 285 g/mol. The first-order valence-electron chi connectivity index (χ1n) is 7.54. The quantitative estimate of drug-likeness (QED) is 0.824. The number of carbonyl (C=O) groups is 1. The monoisotopic (exact) mass is 309 g/mol. The zero-order valence-electron chi connectivity index (χ0n) is 13.4. The molecule has 1 fully saturated rings. The van der Waals surface area contributed by atoms with Gasteiger partial charge < -0.3 is 20.7 Å². The SMILES string of the molecule is CC(C)(C)OC(=O)NC1CCN(c2cc(F)ccc2N)CC1. The highest BCUT2D eigenvalue weighted by Gasteiger charge is 2.24. The Labute approximate surface area is 130 Å². The van der Waals surface area contributed by atoms with Crippen molar-refractivity contribution in [3.05, 3.63) is 24.0 Å². The molecule has 0 aromatic heterocycles. The van der Waals surface area contributed by atoms with Crippen molar-refractivity contribution in [2.75, 3.05) is 23.7 Å². The van der Waals surface area contributed by atoms with Crippen molar-refractivity contribution in [2.24, 2.45) is 0 Å². The van der Waals surface area contributed by atoms with Crippen LogP contribution in [-0.2, 0) is 4.74 Å². The van der Waals surface area contributed by atoms with Gasteiger partial charge in [0.1, 0.15) is 11.4 Å². The Balaban J connectivity index is 1.88. The first-order valence-corrected chi connectivity index (χ1v) is 7.54. The van der Waals surface area contributed by atoms with Crippen LogP contribution >= 0.6 is 0 Å². The molecule has 1 aromatic rings. The zero-order valence-corrected chi connectivity index (χ0v) is 13.4. The van der Waals surface area contributed by atoms with E-state index in [4.69, 9.17) is 10.5 Å². The van der Waals surface area contributed by atoms with Gasteiger partial charge in [-0.3, -0.25) is 0 Å². The summed E-state index contributed by atoms with van der Waals surface area (Å²) >= 11 is 0. The van der Waals surface area contributed by atoms with Gasteiger partial charge in [-0.25, -0.2) is 9.18 Å². The van der Waals surface area contributed by atoms with Gasteiger partial charge in [-0.2, -0.15) is 0 Å². The number of benzene rings is 1. The van der Waals surface area contributed by atoms with E-state index in [2.05, 4.69) is 5.32 Å². The number of nitrogen functional groups attached to an aromatic ring is 1. The molecule has 1 aromatic carbocycles. The molecular formula is C16H24FN3O2. The lowest BCUT2D eigenvalue weighted by molar-refractivity contribution is 0.0497. The standard InChI is InChI=1S/C16H24FN3O2/c1-16(2,3)22-15(21)19-12-6-8-20(9-7-12)14-10-11(17)4-5-13(14)18/h4-5,10,12H,6-9,18H2,1-3H3,(H,19,21). The molecule has 0 atom stereocenters. The van der Waals surface area contributed by atoms with Crippen LogP contribution in [0.1, 0.15) is 33.6 Å². The smallest absolute Gasteiger partial charge is 0.407 e. The lowest BCUT2D eigenvalue weighted by atomic mass is 10.0. The number of rotatable bonds is 2. The van der Waals surface area contributed by atoms with E-state index >= 15 is 0 Å². The molecule has 2 rings (SSSR count). The molecule has 0 saturated carbocycles. The third kappa shape index (κ3) is 4.51. The first-order chi connectivity index (χ1) is 10.2. The lowest BCUT2D eigenvalue weighted by Crippen LogP contribution is -2.46. The Bertz CT molecular complexity index is 535. The molecule has 0 radical (unpaired) electrons. The van der Waals surface area contributed by atoms with Gasteiger partial charge in [0.2, 0.25) is 0 Å². The molecule has 1 aliphatic rings. The normalized spacial score (nSPS) is 16.5. The van der Waals surface area contributed by atoms with Gasteiger partial charge in [0.05, 0.1) is 11.4 Å². The van der Waals surface area contributed by atoms with E-state index in [1.807, 2.05) is 25.7 Å². The number of hydrogen-bond acceptors (Lipinski definition) is 4. The second-order valence-electron chi connectivity index (χ2n) is 6.61. The third-order valence-corrected chi connectivity index (χ3v) is 3.55. The molecule has 3 N–H and O–H groups in total. The fourth-order valence-electron chi connectivity index (χ4n) is 2.53. The van der Waals surface area contributed by atoms with Crippen molar-refractivity contribution in [3.8, 4) is 0 Å². The minimum Gasteiger partial charge on any atom is -0.444 e. The van der Waals surface area contributed by atoms with Crippen LogP contribution in [0.5, 0.6) is 0 Å². The summed E-state index contributed by atoms with van der Waals surface area (Å²) in [6.45, 7) is 6.94. The number of piperidine rings is 1. The lowest BCUT2D eigenvalue weighted by Gasteiger charge is -2.34. The molecule has 122 valence electrons. The van der Waals surface area contributed by atoms with E-state index in [0.717, 1.165) is 18.5 Å². The van der Waals surface area contributed by atoms with Crippen LogP contribution in [0.2, 0.25) is 0 Å². The maximum atomic E-state index is 13.4. The van der Waals surface area contributed by atoms with Gasteiger partial charge in [-0.15, -0.1) is 0 Å². The Morgan fingerprint density at radius 1 is 1.36 bits per heavy atom. The van der Waals surface area contributed by atoms with Crippen molar-refractivity contribution in [3.63, 3.8) is 0 Å². The van der Waals surface area contributed by atoms with Gasteiger partial charge in [0, 0.05) is 19.1 Å². The summed E-state index contributed by atoms with van der Waals surface area (Å²) in [5.41, 5.74) is 6.70. The van der Waals surface area contributed by atoms with Crippen LogP contribution in [0.25, 0.3) is 0 Å².